The van der Waals surface area contributed by atoms with Crippen LogP contribution in [0.25, 0.3) is 88.0 Å². The number of rotatable bonds is 4. The second-order valence-corrected chi connectivity index (χ2v) is 14.6. The lowest BCUT2D eigenvalue weighted by Crippen LogP contribution is -2.15. The van der Waals surface area contributed by atoms with E-state index in [1.54, 1.807) is 0 Å². The van der Waals surface area contributed by atoms with E-state index in [1.807, 2.05) is 0 Å². The predicted octanol–water partition coefficient (Wildman–Crippen LogP) is 14.1. The molecule has 0 fully saturated rings. The third-order valence-corrected chi connectivity index (χ3v) is 11.3. The molecule has 0 saturated carbocycles. The average Bonchev–Trinajstić information content (AvgIpc) is 3.42. The van der Waals surface area contributed by atoms with Crippen LogP contribution >= 0.6 is 0 Å². The Morgan fingerprint density at radius 2 is 0.745 bits per heavy atom. The first-order chi connectivity index (χ1) is 25.0. The van der Waals surface area contributed by atoms with Crippen LogP contribution in [0.3, 0.4) is 0 Å². The van der Waals surface area contributed by atoms with Crippen LogP contribution in [0.15, 0.2) is 182 Å². The van der Waals surface area contributed by atoms with Crippen molar-refractivity contribution in [1.29, 1.82) is 0 Å². The second-order valence-electron chi connectivity index (χ2n) is 14.6. The molecule has 9 aromatic rings. The van der Waals surface area contributed by atoms with Gasteiger partial charge < -0.3 is 0 Å². The standard InChI is InChI=1S/C51H36/c1-51(2)49-31-39(33-9-4-3-5-10-33)23-27-47(49)48-28-24-40(32-50(48)51)38-22-26-46-42(30-38)20-19-41-29-37(21-25-45(41)46)34-15-17-36(18-16-34)44-14-8-12-35-11-6-7-13-43(35)44/h3-32H,1-2H3. The van der Waals surface area contributed by atoms with Crippen LogP contribution in [0.2, 0.25) is 0 Å². The highest BCUT2D eigenvalue weighted by Crippen LogP contribution is 2.50. The first-order valence-corrected chi connectivity index (χ1v) is 17.9. The van der Waals surface area contributed by atoms with Gasteiger partial charge in [-0.05, 0) is 123 Å². The third kappa shape index (κ3) is 4.83. The Labute approximate surface area is 299 Å². The lowest BCUT2D eigenvalue weighted by atomic mass is 9.80. The van der Waals surface area contributed by atoms with E-state index in [0.29, 0.717) is 0 Å². The summed E-state index contributed by atoms with van der Waals surface area (Å²) < 4.78 is 0. The normalized spacial score (nSPS) is 13.1. The molecule has 240 valence electrons. The van der Waals surface area contributed by atoms with Crippen molar-refractivity contribution in [3.8, 4) is 55.6 Å². The zero-order valence-corrected chi connectivity index (χ0v) is 28.8. The Balaban J connectivity index is 0.960. The van der Waals surface area contributed by atoms with Crippen molar-refractivity contribution in [3.63, 3.8) is 0 Å². The number of hydrogen-bond donors (Lipinski definition) is 0. The average molecular weight is 649 g/mol. The minimum Gasteiger partial charge on any atom is -0.0622 e. The topological polar surface area (TPSA) is 0 Å². The highest BCUT2D eigenvalue weighted by Gasteiger charge is 2.35. The molecule has 1 aliphatic carbocycles. The van der Waals surface area contributed by atoms with Crippen LogP contribution < -0.4 is 0 Å². The summed E-state index contributed by atoms with van der Waals surface area (Å²) >= 11 is 0. The Kier molecular flexibility index (Phi) is 6.63. The van der Waals surface area contributed by atoms with E-state index in [1.165, 1.54) is 99.1 Å². The van der Waals surface area contributed by atoms with E-state index < -0.39 is 0 Å². The van der Waals surface area contributed by atoms with Gasteiger partial charge in [0.05, 0.1) is 0 Å². The van der Waals surface area contributed by atoms with E-state index >= 15 is 0 Å². The van der Waals surface area contributed by atoms with Crippen LogP contribution in [0, 0.1) is 0 Å². The molecule has 0 unspecified atom stereocenters. The summed E-state index contributed by atoms with van der Waals surface area (Å²) in [6.45, 7) is 4.74. The first kappa shape index (κ1) is 29.7. The van der Waals surface area contributed by atoms with Gasteiger partial charge in [-0.15, -0.1) is 0 Å². The van der Waals surface area contributed by atoms with Gasteiger partial charge in [0.15, 0.2) is 0 Å². The van der Waals surface area contributed by atoms with Crippen LogP contribution in [0.1, 0.15) is 25.0 Å². The SMILES string of the molecule is CC1(C)c2cc(-c3ccccc3)ccc2-c2ccc(-c3ccc4c(ccc5cc(-c6ccc(-c7cccc8ccccc78)cc6)ccc54)c3)cc21. The fourth-order valence-electron chi connectivity index (χ4n) is 8.48. The summed E-state index contributed by atoms with van der Waals surface area (Å²) in [5.41, 5.74) is 15.5. The van der Waals surface area contributed by atoms with Gasteiger partial charge in [0.2, 0.25) is 0 Å². The molecule has 0 bridgehead atoms. The Morgan fingerprint density at radius 3 is 1.41 bits per heavy atom. The van der Waals surface area contributed by atoms with Gasteiger partial charge in [0.25, 0.3) is 0 Å². The van der Waals surface area contributed by atoms with Gasteiger partial charge in [-0.1, -0.05) is 172 Å². The molecule has 0 radical (unpaired) electrons. The zero-order valence-electron chi connectivity index (χ0n) is 28.8. The van der Waals surface area contributed by atoms with Crippen molar-refractivity contribution in [2.45, 2.75) is 19.3 Å². The van der Waals surface area contributed by atoms with Crippen LogP contribution in [0.4, 0.5) is 0 Å². The van der Waals surface area contributed by atoms with Crippen molar-refractivity contribution in [2.75, 3.05) is 0 Å². The summed E-state index contributed by atoms with van der Waals surface area (Å²) in [5, 5.41) is 7.66. The number of hydrogen-bond acceptors (Lipinski definition) is 0. The minimum atomic E-state index is -0.0769. The van der Waals surface area contributed by atoms with Crippen molar-refractivity contribution in [1.82, 2.24) is 0 Å². The molecule has 0 spiro atoms. The molecule has 0 N–H and O–H groups in total. The molecule has 1 aliphatic rings. The van der Waals surface area contributed by atoms with Crippen molar-refractivity contribution < 1.29 is 0 Å². The second kappa shape index (κ2) is 11.4. The lowest BCUT2D eigenvalue weighted by molar-refractivity contribution is 0.661. The molecular formula is C51H36. The molecule has 9 aromatic carbocycles. The highest BCUT2D eigenvalue weighted by molar-refractivity contribution is 6.09. The van der Waals surface area contributed by atoms with Gasteiger partial charge >= 0.3 is 0 Å². The molecule has 0 heterocycles. The van der Waals surface area contributed by atoms with Crippen molar-refractivity contribution in [2.24, 2.45) is 0 Å². The summed E-state index contributed by atoms with van der Waals surface area (Å²) in [6, 6.07) is 67.4. The third-order valence-electron chi connectivity index (χ3n) is 11.3. The fourth-order valence-corrected chi connectivity index (χ4v) is 8.48. The van der Waals surface area contributed by atoms with E-state index in [9.17, 15) is 0 Å². The molecule has 0 saturated heterocycles. The molecule has 0 amide bonds. The molecule has 10 rings (SSSR count). The smallest absolute Gasteiger partial charge is 0.0159 e. The molecule has 51 heavy (non-hydrogen) atoms. The highest BCUT2D eigenvalue weighted by atomic mass is 14.4. The largest absolute Gasteiger partial charge is 0.0622 e. The minimum absolute atomic E-state index is 0.0769. The zero-order chi connectivity index (χ0) is 34.1. The van der Waals surface area contributed by atoms with Gasteiger partial charge in [-0.25, -0.2) is 0 Å². The monoisotopic (exact) mass is 648 g/mol. The molecule has 0 aromatic heterocycles. The first-order valence-electron chi connectivity index (χ1n) is 17.9. The van der Waals surface area contributed by atoms with Gasteiger partial charge in [-0.2, -0.15) is 0 Å². The molecule has 0 heteroatoms. The van der Waals surface area contributed by atoms with Crippen LogP contribution in [-0.2, 0) is 5.41 Å². The van der Waals surface area contributed by atoms with Crippen LogP contribution in [-0.4, -0.2) is 0 Å². The number of benzene rings is 9. The maximum Gasteiger partial charge on any atom is 0.0159 e. The summed E-state index contributed by atoms with van der Waals surface area (Å²) in [5.74, 6) is 0. The van der Waals surface area contributed by atoms with Gasteiger partial charge in [-0.3, -0.25) is 0 Å². The Morgan fingerprint density at radius 1 is 0.275 bits per heavy atom. The van der Waals surface area contributed by atoms with Crippen molar-refractivity contribution in [3.05, 3.63) is 193 Å². The van der Waals surface area contributed by atoms with E-state index in [4.69, 9.17) is 0 Å². The van der Waals surface area contributed by atoms with Gasteiger partial charge in [0, 0.05) is 5.41 Å². The molecule has 0 aliphatic heterocycles. The number of fused-ring (bicyclic) bond motifs is 7. The lowest BCUT2D eigenvalue weighted by Gasteiger charge is -2.22. The Hall–Kier alpha value is -6.24. The summed E-state index contributed by atoms with van der Waals surface area (Å²) in [7, 11) is 0. The maximum atomic E-state index is 2.43. The molecule has 0 nitrogen and oxygen atoms in total. The van der Waals surface area contributed by atoms with Crippen LogP contribution in [0.5, 0.6) is 0 Å². The fraction of sp³-hybridized carbons (Fsp3) is 0.0588. The summed E-state index contributed by atoms with van der Waals surface area (Å²) in [4.78, 5) is 0. The van der Waals surface area contributed by atoms with E-state index in [-0.39, 0.29) is 5.41 Å². The molecular weight excluding hydrogens is 613 g/mol. The quantitative estimate of drug-likeness (QED) is 0.167. The van der Waals surface area contributed by atoms with Gasteiger partial charge in [0.1, 0.15) is 0 Å². The summed E-state index contributed by atoms with van der Waals surface area (Å²) in [6.07, 6.45) is 0. The van der Waals surface area contributed by atoms with E-state index in [2.05, 4.69) is 196 Å². The van der Waals surface area contributed by atoms with Crippen molar-refractivity contribution >= 4 is 32.3 Å². The Bertz CT molecular complexity index is 2790. The van der Waals surface area contributed by atoms with E-state index in [0.717, 1.165) is 0 Å². The molecule has 0 atom stereocenters. The maximum absolute atomic E-state index is 2.43. The predicted molar refractivity (Wildman–Crippen MR) is 218 cm³/mol.